The Bertz CT molecular complexity index is 790. The van der Waals surface area contributed by atoms with Gasteiger partial charge in [0.25, 0.3) is 0 Å². The summed E-state index contributed by atoms with van der Waals surface area (Å²) < 4.78 is 29.2. The van der Waals surface area contributed by atoms with E-state index in [1.54, 1.807) is 7.11 Å². The minimum atomic E-state index is -3.03. The highest BCUT2D eigenvalue weighted by molar-refractivity contribution is 8.15. The number of fused-ring (bicyclic) bond motifs is 1. The van der Waals surface area contributed by atoms with Crippen LogP contribution in [0.1, 0.15) is 31.7 Å². The molecule has 0 radical (unpaired) electrons. The number of aliphatic imine (C=N–C) groups is 1. The number of amidine groups is 1. The normalized spacial score (nSPS) is 25.5. The summed E-state index contributed by atoms with van der Waals surface area (Å²) in [6.07, 6.45) is 2.20. The SMILES string of the molecule is CCCCC(=O)N=C1S[C@H]2CS(=O)(=O)C[C@H]2N1Cc1ccc(OC)cc1. The lowest BCUT2D eigenvalue weighted by Crippen LogP contribution is -2.37. The summed E-state index contributed by atoms with van der Waals surface area (Å²) in [7, 11) is -1.41. The Hall–Kier alpha value is -1.54. The van der Waals surface area contributed by atoms with Crippen LogP contribution < -0.4 is 4.74 Å². The average Bonchev–Trinajstić information content (AvgIpc) is 3.06. The number of hydrogen-bond donors (Lipinski definition) is 0. The van der Waals surface area contributed by atoms with Crippen molar-refractivity contribution in [2.75, 3.05) is 18.6 Å². The molecular weight excluding hydrogens is 372 g/mol. The van der Waals surface area contributed by atoms with E-state index in [-0.39, 0.29) is 28.7 Å². The van der Waals surface area contributed by atoms with Crippen molar-refractivity contribution in [3.05, 3.63) is 29.8 Å². The maximum absolute atomic E-state index is 12.1. The fraction of sp³-hybridized carbons (Fsp3) is 0.556. The van der Waals surface area contributed by atoms with Crippen LogP contribution in [0.4, 0.5) is 0 Å². The number of carbonyl (C=O) groups excluding carboxylic acids is 1. The van der Waals surface area contributed by atoms with Crippen LogP contribution in [-0.2, 0) is 21.2 Å². The molecular formula is C18H24N2O4S2. The molecule has 2 heterocycles. The summed E-state index contributed by atoms with van der Waals surface area (Å²) in [5.41, 5.74) is 1.03. The zero-order chi connectivity index (χ0) is 18.7. The molecule has 1 aromatic carbocycles. The van der Waals surface area contributed by atoms with Crippen LogP contribution in [-0.4, -0.2) is 54.3 Å². The van der Waals surface area contributed by atoms with Crippen LogP contribution in [0.15, 0.2) is 29.3 Å². The van der Waals surface area contributed by atoms with Crippen molar-refractivity contribution in [1.29, 1.82) is 0 Å². The largest absolute Gasteiger partial charge is 0.497 e. The van der Waals surface area contributed by atoms with E-state index in [1.807, 2.05) is 36.1 Å². The molecule has 2 aliphatic rings. The molecule has 0 N–H and O–H groups in total. The number of nitrogens with zero attached hydrogens (tertiary/aromatic N) is 2. The van der Waals surface area contributed by atoms with Gasteiger partial charge in [0.05, 0.1) is 24.7 Å². The summed E-state index contributed by atoms with van der Waals surface area (Å²) in [5.74, 6) is 0.929. The lowest BCUT2D eigenvalue weighted by molar-refractivity contribution is -0.117. The molecule has 1 aromatic rings. The Morgan fingerprint density at radius 3 is 2.69 bits per heavy atom. The van der Waals surface area contributed by atoms with Gasteiger partial charge in [-0.3, -0.25) is 4.79 Å². The zero-order valence-corrected chi connectivity index (χ0v) is 16.7. The Labute approximate surface area is 158 Å². The molecule has 2 atom stereocenters. The van der Waals surface area contributed by atoms with Gasteiger partial charge in [-0.05, 0) is 24.1 Å². The fourth-order valence-electron chi connectivity index (χ4n) is 3.24. The van der Waals surface area contributed by atoms with Gasteiger partial charge in [0, 0.05) is 18.2 Å². The van der Waals surface area contributed by atoms with Gasteiger partial charge < -0.3 is 9.64 Å². The third-order valence-corrected chi connectivity index (χ3v) is 7.90. The van der Waals surface area contributed by atoms with Crippen molar-refractivity contribution in [3.63, 3.8) is 0 Å². The van der Waals surface area contributed by atoms with Crippen molar-refractivity contribution in [2.45, 2.75) is 44.0 Å². The summed E-state index contributed by atoms with van der Waals surface area (Å²) in [6, 6.07) is 7.55. The van der Waals surface area contributed by atoms with Crippen LogP contribution in [0.2, 0.25) is 0 Å². The van der Waals surface area contributed by atoms with E-state index in [0.717, 1.165) is 24.2 Å². The van der Waals surface area contributed by atoms with E-state index >= 15 is 0 Å². The van der Waals surface area contributed by atoms with Gasteiger partial charge in [-0.15, -0.1) is 0 Å². The predicted molar refractivity (Wildman–Crippen MR) is 104 cm³/mol. The van der Waals surface area contributed by atoms with Gasteiger partial charge in [0.15, 0.2) is 15.0 Å². The summed E-state index contributed by atoms with van der Waals surface area (Å²) >= 11 is 1.43. The highest BCUT2D eigenvalue weighted by Gasteiger charge is 2.48. The molecule has 3 rings (SSSR count). The molecule has 1 amide bonds. The van der Waals surface area contributed by atoms with E-state index in [4.69, 9.17) is 4.74 Å². The number of unbranched alkanes of at least 4 members (excludes halogenated alkanes) is 1. The fourth-order valence-corrected chi connectivity index (χ4v) is 7.21. The molecule has 2 aliphatic heterocycles. The van der Waals surface area contributed by atoms with E-state index in [0.29, 0.717) is 18.1 Å². The minimum Gasteiger partial charge on any atom is -0.497 e. The maximum atomic E-state index is 12.1. The molecule has 0 bridgehead atoms. The summed E-state index contributed by atoms with van der Waals surface area (Å²) in [6.45, 7) is 2.57. The second-order valence-electron chi connectivity index (χ2n) is 6.67. The molecule has 8 heteroatoms. The number of hydrogen-bond acceptors (Lipinski definition) is 5. The third-order valence-electron chi connectivity index (χ3n) is 4.65. The number of ether oxygens (including phenoxy) is 1. The Morgan fingerprint density at radius 1 is 1.31 bits per heavy atom. The monoisotopic (exact) mass is 396 g/mol. The molecule has 142 valence electrons. The minimum absolute atomic E-state index is 0.0454. The molecule has 0 saturated carbocycles. The van der Waals surface area contributed by atoms with Crippen LogP contribution in [0, 0.1) is 0 Å². The number of sulfone groups is 1. The smallest absolute Gasteiger partial charge is 0.248 e. The second kappa shape index (κ2) is 8.00. The number of benzene rings is 1. The van der Waals surface area contributed by atoms with Crippen molar-refractivity contribution < 1.29 is 17.9 Å². The van der Waals surface area contributed by atoms with Gasteiger partial charge in [0.2, 0.25) is 5.91 Å². The number of rotatable bonds is 6. The van der Waals surface area contributed by atoms with Crippen molar-refractivity contribution in [3.8, 4) is 5.75 Å². The molecule has 0 spiro atoms. The number of thioether (sulfide) groups is 1. The molecule has 6 nitrogen and oxygen atoms in total. The molecule has 0 unspecified atom stereocenters. The molecule has 2 saturated heterocycles. The molecule has 0 aliphatic carbocycles. The average molecular weight is 397 g/mol. The number of methoxy groups -OCH3 is 1. The zero-order valence-electron chi connectivity index (χ0n) is 15.1. The van der Waals surface area contributed by atoms with E-state index in [1.165, 1.54) is 11.8 Å². The van der Waals surface area contributed by atoms with Gasteiger partial charge in [0.1, 0.15) is 5.75 Å². The topological polar surface area (TPSA) is 76.0 Å². The first kappa shape index (κ1) is 19.2. The van der Waals surface area contributed by atoms with Crippen molar-refractivity contribution in [2.24, 2.45) is 4.99 Å². The van der Waals surface area contributed by atoms with Crippen LogP contribution in [0.25, 0.3) is 0 Å². The van der Waals surface area contributed by atoms with E-state index in [2.05, 4.69) is 4.99 Å². The third kappa shape index (κ3) is 4.40. The standard InChI is InChI=1S/C18H24N2O4S2/c1-3-4-5-17(21)19-18-20(10-13-6-8-14(24-2)9-7-13)15-11-26(22,23)12-16(15)25-18/h6-9,15-16H,3-5,10-12H2,1-2H3/t15-,16+/m1/s1. The van der Waals surface area contributed by atoms with Gasteiger partial charge >= 0.3 is 0 Å². The maximum Gasteiger partial charge on any atom is 0.248 e. The number of amides is 1. The Balaban J connectivity index is 1.82. The Morgan fingerprint density at radius 2 is 2.04 bits per heavy atom. The van der Waals surface area contributed by atoms with Crippen LogP contribution in [0.3, 0.4) is 0 Å². The van der Waals surface area contributed by atoms with E-state index in [9.17, 15) is 13.2 Å². The first-order valence-electron chi connectivity index (χ1n) is 8.80. The first-order chi connectivity index (χ1) is 12.4. The van der Waals surface area contributed by atoms with E-state index < -0.39 is 9.84 Å². The van der Waals surface area contributed by atoms with Crippen LogP contribution >= 0.6 is 11.8 Å². The lowest BCUT2D eigenvalue weighted by atomic mass is 10.1. The second-order valence-corrected chi connectivity index (χ2v) is 10.0. The number of carbonyl (C=O) groups is 1. The van der Waals surface area contributed by atoms with Gasteiger partial charge in [-0.2, -0.15) is 4.99 Å². The Kier molecular flexibility index (Phi) is 5.92. The summed E-state index contributed by atoms with van der Waals surface area (Å²) in [5, 5.41) is 0.614. The highest BCUT2D eigenvalue weighted by Crippen LogP contribution is 2.39. The quantitative estimate of drug-likeness (QED) is 0.735. The molecule has 2 fully saturated rings. The molecule has 26 heavy (non-hydrogen) atoms. The van der Waals surface area contributed by atoms with Crippen molar-refractivity contribution >= 4 is 32.7 Å². The lowest BCUT2D eigenvalue weighted by Gasteiger charge is -2.24. The van der Waals surface area contributed by atoms with Crippen LogP contribution in [0.5, 0.6) is 5.75 Å². The van der Waals surface area contributed by atoms with Gasteiger partial charge in [-0.25, -0.2) is 8.42 Å². The van der Waals surface area contributed by atoms with Gasteiger partial charge in [-0.1, -0.05) is 37.2 Å². The van der Waals surface area contributed by atoms with Crippen molar-refractivity contribution in [1.82, 2.24) is 4.90 Å². The highest BCUT2D eigenvalue weighted by atomic mass is 32.2. The molecule has 0 aromatic heterocycles. The summed E-state index contributed by atoms with van der Waals surface area (Å²) in [4.78, 5) is 18.4. The first-order valence-corrected chi connectivity index (χ1v) is 11.5. The predicted octanol–water partition coefficient (Wildman–Crippen LogP) is 2.48.